The highest BCUT2D eigenvalue weighted by Crippen LogP contribution is 2.25. The number of H-pyrrole nitrogens is 2. The Bertz CT molecular complexity index is 751. The Labute approximate surface area is 115 Å². The molecule has 7 heteroatoms. The van der Waals surface area contributed by atoms with E-state index in [-0.39, 0.29) is 11.6 Å². The second-order valence-electron chi connectivity index (χ2n) is 3.95. The van der Waals surface area contributed by atoms with Crippen molar-refractivity contribution in [2.45, 2.75) is 0 Å². The molecular weight excluding hydrogens is 315 g/mol. The molecule has 0 saturated carbocycles. The smallest absolute Gasteiger partial charge is 0.272 e. The SMILES string of the molecule is O=C(Nc1cn[nH]c1)c1cc2c(F)c(Br)ccc2[nH]1. The average molecular weight is 323 g/mol. The summed E-state index contributed by atoms with van der Waals surface area (Å²) >= 11 is 3.11. The fourth-order valence-electron chi connectivity index (χ4n) is 1.78. The second kappa shape index (κ2) is 4.51. The number of aromatic amines is 2. The van der Waals surface area contributed by atoms with E-state index in [0.29, 0.717) is 21.1 Å². The Morgan fingerprint density at radius 1 is 1.42 bits per heavy atom. The quantitative estimate of drug-likeness (QED) is 0.678. The molecule has 0 bridgehead atoms. The van der Waals surface area contributed by atoms with E-state index >= 15 is 0 Å². The summed E-state index contributed by atoms with van der Waals surface area (Å²) in [6.07, 6.45) is 3.04. The molecule has 0 aliphatic heterocycles. The van der Waals surface area contributed by atoms with Crippen LogP contribution in [-0.4, -0.2) is 21.1 Å². The van der Waals surface area contributed by atoms with Crippen molar-refractivity contribution in [1.29, 1.82) is 0 Å². The van der Waals surface area contributed by atoms with Crippen LogP contribution in [0.2, 0.25) is 0 Å². The average Bonchev–Trinajstić information content (AvgIpc) is 3.02. The van der Waals surface area contributed by atoms with Gasteiger partial charge in [-0.1, -0.05) is 0 Å². The molecule has 3 aromatic rings. The molecule has 0 unspecified atom stereocenters. The second-order valence-corrected chi connectivity index (χ2v) is 4.80. The number of hydrogen-bond acceptors (Lipinski definition) is 2. The van der Waals surface area contributed by atoms with Crippen molar-refractivity contribution in [2.75, 3.05) is 5.32 Å². The zero-order chi connectivity index (χ0) is 13.4. The number of fused-ring (bicyclic) bond motifs is 1. The Morgan fingerprint density at radius 2 is 2.26 bits per heavy atom. The number of rotatable bonds is 2. The number of hydrogen-bond donors (Lipinski definition) is 3. The summed E-state index contributed by atoms with van der Waals surface area (Å²) < 4.78 is 14.2. The lowest BCUT2D eigenvalue weighted by Crippen LogP contribution is -2.11. The third-order valence-corrected chi connectivity index (χ3v) is 3.30. The minimum absolute atomic E-state index is 0.285. The van der Waals surface area contributed by atoms with Crippen LogP contribution >= 0.6 is 15.9 Å². The highest BCUT2D eigenvalue weighted by atomic mass is 79.9. The summed E-state index contributed by atoms with van der Waals surface area (Å²) in [5.41, 5.74) is 1.40. The molecule has 5 nitrogen and oxygen atoms in total. The van der Waals surface area contributed by atoms with Gasteiger partial charge in [0.25, 0.3) is 5.91 Å². The maximum Gasteiger partial charge on any atom is 0.272 e. The fourth-order valence-corrected chi connectivity index (χ4v) is 2.13. The summed E-state index contributed by atoms with van der Waals surface area (Å²) in [6, 6.07) is 4.77. The van der Waals surface area contributed by atoms with Gasteiger partial charge in [-0.15, -0.1) is 0 Å². The molecule has 96 valence electrons. The lowest BCUT2D eigenvalue weighted by atomic mass is 10.2. The zero-order valence-electron chi connectivity index (χ0n) is 9.50. The van der Waals surface area contributed by atoms with E-state index < -0.39 is 5.82 Å². The Hall–Kier alpha value is -2.15. The number of nitrogens with one attached hydrogen (secondary N) is 3. The van der Waals surface area contributed by atoms with Crippen LogP contribution < -0.4 is 5.32 Å². The Kier molecular flexibility index (Phi) is 2.83. The number of anilines is 1. The van der Waals surface area contributed by atoms with Crippen LogP contribution in [0, 0.1) is 5.82 Å². The van der Waals surface area contributed by atoms with Gasteiger partial charge in [0.05, 0.1) is 16.4 Å². The normalized spacial score (nSPS) is 10.8. The van der Waals surface area contributed by atoms with Gasteiger partial charge in [-0.05, 0) is 34.1 Å². The van der Waals surface area contributed by atoms with Gasteiger partial charge in [0.2, 0.25) is 0 Å². The molecule has 0 aliphatic carbocycles. The molecule has 0 spiro atoms. The first-order valence-electron chi connectivity index (χ1n) is 5.42. The molecule has 1 amide bonds. The summed E-state index contributed by atoms with van der Waals surface area (Å²) in [7, 11) is 0. The molecule has 2 heterocycles. The van der Waals surface area contributed by atoms with Crippen LogP contribution in [0.3, 0.4) is 0 Å². The van der Waals surface area contributed by atoms with E-state index in [1.165, 1.54) is 12.3 Å². The van der Waals surface area contributed by atoms with E-state index in [4.69, 9.17) is 0 Å². The topological polar surface area (TPSA) is 73.6 Å². The van der Waals surface area contributed by atoms with Gasteiger partial charge < -0.3 is 10.3 Å². The van der Waals surface area contributed by atoms with Crippen molar-refractivity contribution >= 4 is 38.4 Å². The Morgan fingerprint density at radius 3 is 3.00 bits per heavy atom. The van der Waals surface area contributed by atoms with Gasteiger partial charge >= 0.3 is 0 Å². The zero-order valence-corrected chi connectivity index (χ0v) is 11.1. The van der Waals surface area contributed by atoms with E-state index in [2.05, 4.69) is 36.4 Å². The van der Waals surface area contributed by atoms with Crippen molar-refractivity contribution in [2.24, 2.45) is 0 Å². The fraction of sp³-hybridized carbons (Fsp3) is 0. The first kappa shape index (κ1) is 11.9. The molecule has 0 saturated heterocycles. The third kappa shape index (κ3) is 2.12. The predicted octanol–water partition coefficient (Wildman–Crippen LogP) is 3.04. The van der Waals surface area contributed by atoms with Gasteiger partial charge in [-0.2, -0.15) is 5.10 Å². The lowest BCUT2D eigenvalue weighted by Gasteiger charge is -1.98. The van der Waals surface area contributed by atoms with Crippen molar-refractivity contribution in [3.8, 4) is 0 Å². The number of halogens is 2. The van der Waals surface area contributed by atoms with Gasteiger partial charge in [0.15, 0.2) is 0 Å². The first-order chi connectivity index (χ1) is 9.15. The van der Waals surface area contributed by atoms with Crippen LogP contribution in [0.15, 0.2) is 35.1 Å². The van der Waals surface area contributed by atoms with Crippen molar-refractivity contribution in [1.82, 2.24) is 15.2 Å². The largest absolute Gasteiger partial charge is 0.350 e. The van der Waals surface area contributed by atoms with Gasteiger partial charge in [0, 0.05) is 17.1 Å². The summed E-state index contributed by atoms with van der Waals surface area (Å²) in [4.78, 5) is 14.8. The molecule has 19 heavy (non-hydrogen) atoms. The number of carbonyl (C=O) groups is 1. The summed E-state index contributed by atoms with van der Waals surface area (Å²) in [5, 5.41) is 9.31. The number of benzene rings is 1. The summed E-state index contributed by atoms with van der Waals surface area (Å²) in [6.45, 7) is 0. The van der Waals surface area contributed by atoms with E-state index in [9.17, 15) is 9.18 Å². The molecule has 0 fully saturated rings. The molecule has 0 radical (unpaired) electrons. The van der Waals surface area contributed by atoms with E-state index in [1.54, 1.807) is 18.3 Å². The first-order valence-corrected chi connectivity index (χ1v) is 6.21. The van der Waals surface area contributed by atoms with Crippen LogP contribution in [-0.2, 0) is 0 Å². The minimum Gasteiger partial charge on any atom is -0.350 e. The number of nitrogens with zero attached hydrogens (tertiary/aromatic N) is 1. The molecule has 2 aromatic heterocycles. The number of aromatic nitrogens is 3. The van der Waals surface area contributed by atoms with Gasteiger partial charge in [-0.3, -0.25) is 9.89 Å². The highest BCUT2D eigenvalue weighted by Gasteiger charge is 2.13. The van der Waals surface area contributed by atoms with Crippen LogP contribution in [0.4, 0.5) is 10.1 Å². The molecule has 3 N–H and O–H groups in total. The monoisotopic (exact) mass is 322 g/mol. The molecule has 0 atom stereocenters. The minimum atomic E-state index is -0.392. The number of carbonyl (C=O) groups excluding carboxylic acids is 1. The summed E-state index contributed by atoms with van der Waals surface area (Å²) in [5.74, 6) is -0.746. The predicted molar refractivity (Wildman–Crippen MR) is 72.5 cm³/mol. The lowest BCUT2D eigenvalue weighted by molar-refractivity contribution is 0.102. The third-order valence-electron chi connectivity index (χ3n) is 2.69. The van der Waals surface area contributed by atoms with Gasteiger partial charge in [0.1, 0.15) is 11.5 Å². The van der Waals surface area contributed by atoms with Crippen LogP contribution in [0.5, 0.6) is 0 Å². The van der Waals surface area contributed by atoms with Crippen LogP contribution in [0.25, 0.3) is 10.9 Å². The van der Waals surface area contributed by atoms with E-state index in [0.717, 1.165) is 0 Å². The van der Waals surface area contributed by atoms with Crippen molar-refractivity contribution < 1.29 is 9.18 Å². The van der Waals surface area contributed by atoms with Crippen molar-refractivity contribution in [3.05, 3.63) is 46.6 Å². The maximum absolute atomic E-state index is 13.8. The number of amides is 1. The molecule has 1 aromatic carbocycles. The molecule has 3 rings (SSSR count). The van der Waals surface area contributed by atoms with E-state index in [1.807, 2.05) is 0 Å². The van der Waals surface area contributed by atoms with Crippen LogP contribution in [0.1, 0.15) is 10.5 Å². The maximum atomic E-state index is 13.8. The Balaban J connectivity index is 1.97. The van der Waals surface area contributed by atoms with Gasteiger partial charge in [-0.25, -0.2) is 4.39 Å². The molecular formula is C12H8BrFN4O. The molecule has 0 aliphatic rings. The standard InChI is InChI=1S/C12H8BrFN4O/c13-8-1-2-9-7(11(8)14)3-10(18-9)12(19)17-6-4-15-16-5-6/h1-5,18H,(H,15,16)(H,17,19). The highest BCUT2D eigenvalue weighted by molar-refractivity contribution is 9.10. The van der Waals surface area contributed by atoms with Crippen molar-refractivity contribution in [3.63, 3.8) is 0 Å².